The van der Waals surface area contributed by atoms with E-state index in [4.69, 9.17) is 28.7 Å². The monoisotopic (exact) mass is 791 g/mol. The summed E-state index contributed by atoms with van der Waals surface area (Å²) in [5.41, 5.74) is 9.45. The molecule has 11 heteroatoms. The molecule has 0 bridgehead atoms. The molecule has 0 saturated heterocycles. The maximum atomic E-state index is 13.9. The third-order valence-electron chi connectivity index (χ3n) is 11.4. The summed E-state index contributed by atoms with van der Waals surface area (Å²) in [6.45, 7) is 4.36. The fourth-order valence-corrected chi connectivity index (χ4v) is 8.63. The number of fused-ring (bicyclic) bond motifs is 8. The van der Waals surface area contributed by atoms with Crippen molar-refractivity contribution in [1.29, 1.82) is 0 Å². The molecule has 4 aliphatic rings. The number of hydrogen-bond acceptors (Lipinski definition) is 9. The Morgan fingerprint density at radius 2 is 1.42 bits per heavy atom. The molecule has 0 aliphatic carbocycles. The van der Waals surface area contributed by atoms with Crippen molar-refractivity contribution in [2.24, 2.45) is 4.99 Å². The first-order valence-electron chi connectivity index (χ1n) is 20.0. The van der Waals surface area contributed by atoms with Crippen molar-refractivity contribution in [2.75, 3.05) is 36.7 Å². The van der Waals surface area contributed by atoms with Crippen LogP contribution in [0.1, 0.15) is 67.4 Å². The maximum Gasteiger partial charge on any atom is 0.261 e. The molecular weight excluding hydrogens is 747 g/mol. The van der Waals surface area contributed by atoms with Crippen molar-refractivity contribution in [3.8, 4) is 23.0 Å². The van der Waals surface area contributed by atoms with Crippen molar-refractivity contribution < 1.29 is 38.1 Å². The van der Waals surface area contributed by atoms with Gasteiger partial charge in [0.05, 0.1) is 31.0 Å². The van der Waals surface area contributed by atoms with E-state index in [2.05, 4.69) is 6.07 Å². The predicted molar refractivity (Wildman–Crippen MR) is 224 cm³/mol. The molecule has 2 amide bonds. The van der Waals surface area contributed by atoms with Crippen LogP contribution in [0.15, 0.2) is 96.0 Å². The number of ketones is 1. The molecular formula is C48H45N3O8. The summed E-state index contributed by atoms with van der Waals surface area (Å²) in [6.07, 6.45) is 5.06. The van der Waals surface area contributed by atoms with Gasteiger partial charge in [0.1, 0.15) is 37.9 Å². The lowest BCUT2D eigenvalue weighted by Gasteiger charge is -2.23. The number of rotatable bonds is 13. The van der Waals surface area contributed by atoms with Crippen LogP contribution >= 0.6 is 0 Å². The van der Waals surface area contributed by atoms with Crippen molar-refractivity contribution in [3.63, 3.8) is 0 Å². The standard InChI is InChI=1S/C48H45N3O8/c1-29-16-39-33(12-13-36-20-34-8-4-6-10-42(34)50(36)47(39)53)22-44(29)58-27-31-17-32(19-38(18-31)57-15-14-56-26-30(2)52)28-59-46-24-41-40(23-45(46)55-3)48(54)51-37(25-49-41)21-35-9-5-7-11-43(35)51/h4-11,16-19,22-25,36-37H,12-15,20-21,26-28H2,1-3H3/t36-,37+/m1/s1. The van der Waals surface area contributed by atoms with Gasteiger partial charge >= 0.3 is 0 Å². The van der Waals surface area contributed by atoms with Crippen LogP contribution in [0.4, 0.5) is 17.1 Å². The zero-order chi connectivity index (χ0) is 40.6. The summed E-state index contributed by atoms with van der Waals surface area (Å²) >= 11 is 0. The zero-order valence-electron chi connectivity index (χ0n) is 33.4. The number of Topliss-reactive ketones (excluding diaryl/α,β-unsaturated/α-hetero) is 1. The third kappa shape index (κ3) is 7.54. The number of anilines is 2. The normalized spacial score (nSPS) is 17.2. The molecule has 0 aromatic heterocycles. The van der Waals surface area contributed by atoms with E-state index in [0.717, 1.165) is 69.8 Å². The van der Waals surface area contributed by atoms with Crippen LogP contribution in [0, 0.1) is 6.92 Å². The highest BCUT2D eigenvalue weighted by Gasteiger charge is 2.38. The Morgan fingerprint density at radius 1 is 0.729 bits per heavy atom. The van der Waals surface area contributed by atoms with Gasteiger partial charge in [-0.15, -0.1) is 0 Å². The number of para-hydroxylation sites is 2. The second-order valence-corrected chi connectivity index (χ2v) is 15.5. The van der Waals surface area contributed by atoms with Gasteiger partial charge < -0.3 is 28.6 Å². The lowest BCUT2D eigenvalue weighted by molar-refractivity contribution is -0.121. The number of ether oxygens (including phenoxy) is 5. The summed E-state index contributed by atoms with van der Waals surface area (Å²) in [5, 5.41) is 0. The van der Waals surface area contributed by atoms with E-state index in [0.29, 0.717) is 34.9 Å². The van der Waals surface area contributed by atoms with E-state index >= 15 is 0 Å². The molecule has 11 nitrogen and oxygen atoms in total. The number of amides is 2. The van der Waals surface area contributed by atoms with Gasteiger partial charge in [0.15, 0.2) is 17.3 Å². The second kappa shape index (κ2) is 16.1. The number of aliphatic imine (C=N–C) groups is 1. The Morgan fingerprint density at radius 3 is 2.17 bits per heavy atom. The maximum absolute atomic E-state index is 13.9. The van der Waals surface area contributed by atoms with Crippen LogP contribution in [0.2, 0.25) is 0 Å². The fraction of sp³-hybridized carbons (Fsp3) is 0.292. The lowest BCUT2D eigenvalue weighted by Crippen LogP contribution is -2.37. The molecule has 0 saturated carbocycles. The van der Waals surface area contributed by atoms with E-state index in [1.807, 2.05) is 90.8 Å². The van der Waals surface area contributed by atoms with Crippen LogP contribution in [-0.2, 0) is 42.0 Å². The average molecular weight is 792 g/mol. The first-order chi connectivity index (χ1) is 28.7. The number of aryl methyl sites for hydroxylation is 2. The van der Waals surface area contributed by atoms with Gasteiger partial charge in [0, 0.05) is 41.7 Å². The molecule has 300 valence electrons. The SMILES string of the molecule is COc1cc2c(cc1OCc1cc(COc3cc4c(cc3C)C(=O)N3c5ccccc5C[C@H]3CC4)cc(OCCOCC(C)=O)c1)N=C[C@@H]1Cc3ccccc3N1C2=O. The first-order valence-corrected chi connectivity index (χ1v) is 20.0. The first kappa shape index (κ1) is 38.1. The summed E-state index contributed by atoms with van der Waals surface area (Å²) in [4.78, 5) is 47.8. The highest BCUT2D eigenvalue weighted by molar-refractivity contribution is 6.15. The largest absolute Gasteiger partial charge is 0.493 e. The number of hydrogen-bond donors (Lipinski definition) is 0. The topological polar surface area (TPSA) is 116 Å². The molecule has 0 N–H and O–H groups in total. The van der Waals surface area contributed by atoms with E-state index in [1.165, 1.54) is 12.5 Å². The summed E-state index contributed by atoms with van der Waals surface area (Å²) in [7, 11) is 1.55. The summed E-state index contributed by atoms with van der Waals surface area (Å²) in [5.74, 6) is 2.01. The molecule has 0 spiro atoms. The molecule has 5 aromatic rings. The van der Waals surface area contributed by atoms with Crippen molar-refractivity contribution in [1.82, 2.24) is 0 Å². The number of benzene rings is 5. The van der Waals surface area contributed by atoms with Crippen molar-refractivity contribution in [3.05, 3.63) is 136 Å². The van der Waals surface area contributed by atoms with Gasteiger partial charge in [-0.3, -0.25) is 24.3 Å². The molecule has 0 unspecified atom stereocenters. The quantitative estimate of drug-likeness (QED) is 0.110. The minimum Gasteiger partial charge on any atom is -0.493 e. The van der Waals surface area contributed by atoms with Gasteiger partial charge in [0.25, 0.3) is 11.8 Å². The number of carbonyl (C=O) groups excluding carboxylic acids is 3. The Labute approximate surface area is 343 Å². The van der Waals surface area contributed by atoms with Crippen molar-refractivity contribution >= 4 is 40.9 Å². The highest BCUT2D eigenvalue weighted by atomic mass is 16.5. The van der Waals surface area contributed by atoms with Gasteiger partial charge in [0.2, 0.25) is 0 Å². The van der Waals surface area contributed by atoms with Crippen LogP contribution in [0.25, 0.3) is 0 Å². The molecule has 5 aromatic carbocycles. The minimum absolute atomic E-state index is 0.0261. The van der Waals surface area contributed by atoms with E-state index in [-0.39, 0.29) is 62.7 Å². The lowest BCUT2D eigenvalue weighted by atomic mass is 9.98. The predicted octanol–water partition coefficient (Wildman–Crippen LogP) is 7.95. The van der Waals surface area contributed by atoms with Crippen LogP contribution in [0.5, 0.6) is 23.0 Å². The number of methoxy groups -OCH3 is 1. The Balaban J connectivity index is 0.940. The Hall–Kier alpha value is -6.46. The minimum atomic E-state index is -0.174. The average Bonchev–Trinajstić information content (AvgIpc) is 3.73. The fourth-order valence-electron chi connectivity index (χ4n) is 8.63. The van der Waals surface area contributed by atoms with Gasteiger partial charge in [-0.05, 0) is 115 Å². The van der Waals surface area contributed by atoms with Crippen LogP contribution in [-0.4, -0.2) is 62.8 Å². The summed E-state index contributed by atoms with van der Waals surface area (Å²) < 4.78 is 30.1. The van der Waals surface area contributed by atoms with E-state index in [1.54, 1.807) is 24.1 Å². The van der Waals surface area contributed by atoms with E-state index in [9.17, 15) is 14.4 Å². The van der Waals surface area contributed by atoms with Gasteiger partial charge in [-0.25, -0.2) is 0 Å². The zero-order valence-corrected chi connectivity index (χ0v) is 33.4. The number of carbonyl (C=O) groups is 3. The van der Waals surface area contributed by atoms with Gasteiger partial charge in [-0.1, -0.05) is 36.4 Å². The Kier molecular flexibility index (Phi) is 10.4. The molecule has 4 aliphatic heterocycles. The smallest absolute Gasteiger partial charge is 0.261 e. The third-order valence-corrected chi connectivity index (χ3v) is 11.4. The molecule has 59 heavy (non-hydrogen) atoms. The highest BCUT2D eigenvalue weighted by Crippen LogP contribution is 2.42. The second-order valence-electron chi connectivity index (χ2n) is 15.5. The van der Waals surface area contributed by atoms with Crippen molar-refractivity contribution in [2.45, 2.75) is 64.8 Å². The van der Waals surface area contributed by atoms with Gasteiger partial charge in [-0.2, -0.15) is 0 Å². The molecule has 0 fully saturated rings. The van der Waals surface area contributed by atoms with Crippen LogP contribution < -0.4 is 28.7 Å². The number of nitrogens with zero attached hydrogens (tertiary/aromatic N) is 3. The van der Waals surface area contributed by atoms with Crippen LogP contribution in [0.3, 0.4) is 0 Å². The molecule has 2 atom stereocenters. The molecule has 9 rings (SSSR count). The summed E-state index contributed by atoms with van der Waals surface area (Å²) in [6, 6.07) is 29.3. The van der Waals surface area contributed by atoms with E-state index < -0.39 is 0 Å². The Bertz CT molecular complexity index is 2510. The molecule has 4 heterocycles. The molecule has 0 radical (unpaired) electrons.